The maximum atomic E-state index is 13.3. The molecule has 1 unspecified atom stereocenters. The van der Waals surface area contributed by atoms with Gasteiger partial charge in [0, 0.05) is 16.5 Å². The molecular formula is C20H24Cl2O8S. The van der Waals surface area contributed by atoms with E-state index in [1.54, 1.807) is 13.0 Å². The van der Waals surface area contributed by atoms with E-state index in [1.165, 1.54) is 18.2 Å². The zero-order valence-electron chi connectivity index (χ0n) is 16.8. The highest BCUT2D eigenvalue weighted by atomic mass is 35.5. The van der Waals surface area contributed by atoms with Crippen LogP contribution in [-0.2, 0) is 34.6 Å². The predicted octanol–water partition coefficient (Wildman–Crippen LogP) is 2.02. The van der Waals surface area contributed by atoms with Crippen LogP contribution in [0.2, 0.25) is 10.0 Å². The van der Waals surface area contributed by atoms with E-state index in [4.69, 9.17) is 37.4 Å². The minimum Gasteiger partial charge on any atom is -0.463 e. The average Bonchev–Trinajstić information content (AvgIpc) is 3.07. The predicted molar refractivity (Wildman–Crippen MR) is 113 cm³/mol. The Balaban J connectivity index is 1.95. The first-order chi connectivity index (χ1) is 14.6. The number of benzene rings is 1. The molecule has 2 N–H and O–H groups in total. The van der Waals surface area contributed by atoms with Crippen LogP contribution in [0.25, 0.3) is 0 Å². The fourth-order valence-corrected chi connectivity index (χ4v) is 6.28. The Morgan fingerprint density at radius 2 is 1.87 bits per heavy atom. The van der Waals surface area contributed by atoms with Crippen molar-refractivity contribution in [1.29, 1.82) is 0 Å². The lowest BCUT2D eigenvalue weighted by molar-refractivity contribution is -0.154. The van der Waals surface area contributed by atoms with E-state index in [2.05, 4.69) is 0 Å². The molecule has 0 amide bonds. The average molecular weight is 495 g/mol. The van der Waals surface area contributed by atoms with Crippen LogP contribution in [0.5, 0.6) is 0 Å². The number of ether oxygens (including phenoxy) is 3. The standard InChI is InChI=1S/C20H24Cl2O8S/c1-2-28-19(25)14-8-20(29-16(9-23)17(10-24)30-20)6-5-18(14)31(26,27)11-12-3-4-13(21)7-15(12)22/h3-4,7-8,16-18,23-24H,2,5-6,9-11H2,1H3/t16-,17-,18?/m1/s1. The maximum Gasteiger partial charge on any atom is 0.335 e. The van der Waals surface area contributed by atoms with Crippen LogP contribution in [0.15, 0.2) is 29.8 Å². The minimum atomic E-state index is -3.88. The second-order valence-corrected chi connectivity index (χ2v) is 10.4. The fraction of sp³-hybridized carbons (Fsp3) is 0.550. The van der Waals surface area contributed by atoms with E-state index in [1.807, 2.05) is 0 Å². The van der Waals surface area contributed by atoms with Crippen molar-refractivity contribution < 1.29 is 37.6 Å². The molecule has 31 heavy (non-hydrogen) atoms. The molecule has 1 aliphatic carbocycles. The molecule has 1 fully saturated rings. The lowest BCUT2D eigenvalue weighted by Crippen LogP contribution is -2.41. The third-order valence-corrected chi connectivity index (χ3v) is 7.93. The SMILES string of the molecule is CCOC(=O)C1=CC2(CCC1S(=O)(=O)Cc1ccc(Cl)cc1Cl)O[C@H](CO)[C@@H](CO)O2. The van der Waals surface area contributed by atoms with Gasteiger partial charge in [0.1, 0.15) is 12.2 Å². The number of sulfone groups is 1. The Labute approximate surface area is 190 Å². The number of esters is 1. The van der Waals surface area contributed by atoms with Crippen molar-refractivity contribution in [3.8, 4) is 0 Å². The highest BCUT2D eigenvalue weighted by Gasteiger charge is 2.51. The number of aliphatic hydroxyl groups is 2. The number of hydrogen-bond donors (Lipinski definition) is 2. The van der Waals surface area contributed by atoms with Gasteiger partial charge in [-0.1, -0.05) is 29.3 Å². The summed E-state index contributed by atoms with van der Waals surface area (Å²) < 4.78 is 43.1. The summed E-state index contributed by atoms with van der Waals surface area (Å²) in [5, 5.41) is 18.4. The molecule has 11 heteroatoms. The molecule has 1 aromatic carbocycles. The van der Waals surface area contributed by atoms with Crippen molar-refractivity contribution in [1.82, 2.24) is 0 Å². The quantitative estimate of drug-likeness (QED) is 0.552. The molecule has 3 rings (SSSR count). The Kier molecular flexibility index (Phi) is 7.68. The monoisotopic (exact) mass is 494 g/mol. The van der Waals surface area contributed by atoms with Crippen molar-refractivity contribution in [3.63, 3.8) is 0 Å². The molecule has 1 spiro atoms. The minimum absolute atomic E-state index is 0.0223. The third-order valence-electron chi connectivity index (χ3n) is 5.27. The van der Waals surface area contributed by atoms with E-state index in [9.17, 15) is 23.4 Å². The van der Waals surface area contributed by atoms with E-state index in [0.717, 1.165) is 0 Å². The molecule has 1 aliphatic heterocycles. The highest BCUT2D eigenvalue weighted by molar-refractivity contribution is 7.91. The van der Waals surface area contributed by atoms with Crippen LogP contribution in [0.4, 0.5) is 0 Å². The molecule has 1 saturated heterocycles. The maximum absolute atomic E-state index is 13.3. The van der Waals surface area contributed by atoms with Gasteiger partial charge in [-0.05, 0) is 37.1 Å². The highest BCUT2D eigenvalue weighted by Crippen LogP contribution is 2.41. The van der Waals surface area contributed by atoms with Crippen molar-refractivity contribution in [2.24, 2.45) is 0 Å². The van der Waals surface area contributed by atoms with Gasteiger partial charge in [-0.25, -0.2) is 13.2 Å². The number of carbonyl (C=O) groups is 1. The Morgan fingerprint density at radius 3 is 2.42 bits per heavy atom. The summed E-state index contributed by atoms with van der Waals surface area (Å²) in [6, 6.07) is 4.53. The molecule has 0 radical (unpaired) electrons. The number of hydrogen-bond acceptors (Lipinski definition) is 8. The van der Waals surface area contributed by atoms with Crippen LogP contribution >= 0.6 is 23.2 Å². The van der Waals surface area contributed by atoms with E-state index < -0.39 is 58.0 Å². The zero-order valence-corrected chi connectivity index (χ0v) is 19.1. The van der Waals surface area contributed by atoms with E-state index in [-0.39, 0.29) is 30.0 Å². The fourth-order valence-electron chi connectivity index (χ4n) is 3.81. The first-order valence-electron chi connectivity index (χ1n) is 9.77. The first-order valence-corrected chi connectivity index (χ1v) is 12.2. The summed E-state index contributed by atoms with van der Waals surface area (Å²) in [4.78, 5) is 12.7. The van der Waals surface area contributed by atoms with Gasteiger partial charge < -0.3 is 24.4 Å². The number of aliphatic hydroxyl groups excluding tert-OH is 2. The molecule has 0 aromatic heterocycles. The molecule has 2 aliphatic rings. The molecule has 8 nitrogen and oxygen atoms in total. The van der Waals surface area contributed by atoms with E-state index >= 15 is 0 Å². The smallest absolute Gasteiger partial charge is 0.335 e. The van der Waals surface area contributed by atoms with Gasteiger partial charge in [0.15, 0.2) is 15.6 Å². The Morgan fingerprint density at radius 1 is 1.23 bits per heavy atom. The molecular weight excluding hydrogens is 471 g/mol. The van der Waals surface area contributed by atoms with E-state index in [0.29, 0.717) is 10.6 Å². The summed E-state index contributed by atoms with van der Waals surface area (Å²) >= 11 is 12.0. The summed E-state index contributed by atoms with van der Waals surface area (Å²) in [6.07, 6.45) is -0.162. The van der Waals surface area contributed by atoms with Crippen LogP contribution in [0.3, 0.4) is 0 Å². The van der Waals surface area contributed by atoms with Crippen molar-refractivity contribution >= 4 is 39.0 Å². The van der Waals surface area contributed by atoms with Crippen molar-refractivity contribution in [2.75, 3.05) is 19.8 Å². The lowest BCUT2D eigenvalue weighted by Gasteiger charge is -2.33. The normalized spacial score (nSPS) is 25.5. The molecule has 1 heterocycles. The van der Waals surface area contributed by atoms with Gasteiger partial charge in [-0.2, -0.15) is 0 Å². The Hall–Kier alpha value is -1.20. The summed E-state index contributed by atoms with van der Waals surface area (Å²) in [5.74, 6) is -2.61. The van der Waals surface area contributed by atoms with Gasteiger partial charge >= 0.3 is 5.97 Å². The van der Waals surface area contributed by atoms with Gasteiger partial charge in [0.25, 0.3) is 0 Å². The second kappa shape index (κ2) is 9.74. The molecule has 3 atom stereocenters. The molecule has 172 valence electrons. The first kappa shape index (κ1) is 24.4. The summed E-state index contributed by atoms with van der Waals surface area (Å²) in [7, 11) is -3.88. The van der Waals surface area contributed by atoms with Gasteiger partial charge in [-0.3, -0.25) is 0 Å². The van der Waals surface area contributed by atoms with Crippen LogP contribution in [-0.4, -0.2) is 67.7 Å². The molecule has 1 aromatic rings. The van der Waals surface area contributed by atoms with Crippen LogP contribution in [0.1, 0.15) is 25.3 Å². The number of rotatable bonds is 7. The second-order valence-electron chi connectivity index (χ2n) is 7.38. The van der Waals surface area contributed by atoms with Crippen molar-refractivity contribution in [2.45, 2.75) is 48.8 Å². The van der Waals surface area contributed by atoms with Gasteiger partial charge in [0.2, 0.25) is 0 Å². The number of halogens is 2. The van der Waals surface area contributed by atoms with Crippen molar-refractivity contribution in [3.05, 3.63) is 45.5 Å². The summed E-state index contributed by atoms with van der Waals surface area (Å²) in [6.45, 7) is 0.873. The van der Waals surface area contributed by atoms with Crippen LogP contribution in [0, 0.1) is 0 Å². The molecule has 0 bridgehead atoms. The van der Waals surface area contributed by atoms with Crippen LogP contribution < -0.4 is 0 Å². The third kappa shape index (κ3) is 5.24. The lowest BCUT2D eigenvalue weighted by atomic mass is 9.94. The van der Waals surface area contributed by atoms with Gasteiger partial charge in [-0.15, -0.1) is 0 Å². The van der Waals surface area contributed by atoms with Gasteiger partial charge in [0.05, 0.1) is 36.4 Å². The Bertz CT molecular complexity index is 950. The largest absolute Gasteiger partial charge is 0.463 e. The molecule has 0 saturated carbocycles. The number of carbonyl (C=O) groups excluding carboxylic acids is 1. The summed E-state index contributed by atoms with van der Waals surface area (Å²) in [5.41, 5.74) is 0.261. The topological polar surface area (TPSA) is 119 Å². The zero-order chi connectivity index (χ0) is 22.8.